The molecule has 0 aliphatic heterocycles. The van der Waals surface area contributed by atoms with Crippen molar-refractivity contribution in [2.45, 2.75) is 25.8 Å². The average Bonchev–Trinajstić information content (AvgIpc) is 2.92. The Morgan fingerprint density at radius 2 is 2.00 bits per heavy atom. The van der Waals surface area contributed by atoms with E-state index in [1.165, 1.54) is 16.0 Å². The van der Waals surface area contributed by atoms with Crippen LogP contribution < -0.4 is 11.1 Å². The molecule has 0 radical (unpaired) electrons. The van der Waals surface area contributed by atoms with E-state index in [1.807, 2.05) is 17.4 Å². The van der Waals surface area contributed by atoms with Gasteiger partial charge in [0.15, 0.2) is 0 Å². The highest BCUT2D eigenvalue weighted by Gasteiger charge is 2.09. The van der Waals surface area contributed by atoms with E-state index in [4.69, 9.17) is 5.73 Å². The standard InChI is InChI=1S/C16H22N2S/c1-2-13-8-9-19-16(13)12-18-11-15(10-17)14-6-4-3-5-7-14/h3-9,15,18H,2,10-12,17H2,1H3. The molecular formula is C16H22N2S. The molecule has 3 heteroatoms. The number of aryl methyl sites for hydroxylation is 1. The maximum atomic E-state index is 5.88. The summed E-state index contributed by atoms with van der Waals surface area (Å²) in [6.07, 6.45) is 1.11. The topological polar surface area (TPSA) is 38.0 Å². The monoisotopic (exact) mass is 274 g/mol. The second-order valence-electron chi connectivity index (χ2n) is 4.70. The van der Waals surface area contributed by atoms with Crippen LogP contribution in [0.5, 0.6) is 0 Å². The third-order valence-corrected chi connectivity index (χ3v) is 4.41. The lowest BCUT2D eigenvalue weighted by Gasteiger charge is -2.16. The first-order valence-corrected chi connectivity index (χ1v) is 7.74. The van der Waals surface area contributed by atoms with Gasteiger partial charge in [-0.2, -0.15) is 0 Å². The molecular weight excluding hydrogens is 252 g/mol. The van der Waals surface area contributed by atoms with Crippen molar-refractivity contribution in [2.24, 2.45) is 5.73 Å². The Morgan fingerprint density at radius 1 is 1.21 bits per heavy atom. The smallest absolute Gasteiger partial charge is 0.0302 e. The van der Waals surface area contributed by atoms with Gasteiger partial charge in [-0.25, -0.2) is 0 Å². The molecule has 1 heterocycles. The molecule has 102 valence electrons. The average molecular weight is 274 g/mol. The number of hydrogen-bond acceptors (Lipinski definition) is 3. The minimum Gasteiger partial charge on any atom is -0.330 e. The predicted octanol–water partition coefficient (Wildman–Crippen LogP) is 3.14. The molecule has 1 aromatic carbocycles. The van der Waals surface area contributed by atoms with Gasteiger partial charge in [-0.1, -0.05) is 37.3 Å². The van der Waals surface area contributed by atoms with Gasteiger partial charge in [-0.3, -0.25) is 0 Å². The normalized spacial score (nSPS) is 12.5. The first-order chi connectivity index (χ1) is 9.35. The fraction of sp³-hybridized carbons (Fsp3) is 0.375. The Labute approximate surface area is 119 Å². The van der Waals surface area contributed by atoms with Crippen molar-refractivity contribution in [3.63, 3.8) is 0 Å². The van der Waals surface area contributed by atoms with Gasteiger partial charge in [0.05, 0.1) is 0 Å². The highest BCUT2D eigenvalue weighted by atomic mass is 32.1. The molecule has 2 rings (SSSR count). The second-order valence-corrected chi connectivity index (χ2v) is 5.70. The van der Waals surface area contributed by atoms with Crippen LogP contribution in [0.1, 0.15) is 28.8 Å². The SMILES string of the molecule is CCc1ccsc1CNCC(CN)c1ccccc1. The van der Waals surface area contributed by atoms with E-state index >= 15 is 0 Å². The molecule has 0 amide bonds. The number of benzene rings is 1. The molecule has 2 nitrogen and oxygen atoms in total. The van der Waals surface area contributed by atoms with Gasteiger partial charge in [-0.05, 0) is 29.0 Å². The van der Waals surface area contributed by atoms with Crippen LogP contribution in [-0.4, -0.2) is 13.1 Å². The van der Waals surface area contributed by atoms with Gasteiger partial charge < -0.3 is 11.1 Å². The molecule has 0 fully saturated rings. The molecule has 0 aliphatic carbocycles. The summed E-state index contributed by atoms with van der Waals surface area (Å²) in [7, 11) is 0. The highest BCUT2D eigenvalue weighted by molar-refractivity contribution is 7.10. The van der Waals surface area contributed by atoms with Crippen molar-refractivity contribution in [1.29, 1.82) is 0 Å². The summed E-state index contributed by atoms with van der Waals surface area (Å²) in [6, 6.07) is 12.7. The molecule has 1 atom stereocenters. The number of nitrogens with two attached hydrogens (primary N) is 1. The predicted molar refractivity (Wildman–Crippen MR) is 83.6 cm³/mol. The van der Waals surface area contributed by atoms with Gasteiger partial charge >= 0.3 is 0 Å². The molecule has 2 aromatic rings. The summed E-state index contributed by atoms with van der Waals surface area (Å²) in [5.74, 6) is 0.395. The summed E-state index contributed by atoms with van der Waals surface area (Å²) in [6.45, 7) is 4.77. The third kappa shape index (κ3) is 3.90. The molecule has 0 bridgehead atoms. The van der Waals surface area contributed by atoms with Crippen LogP contribution >= 0.6 is 11.3 Å². The minimum absolute atomic E-state index is 0.395. The summed E-state index contributed by atoms with van der Waals surface area (Å²) in [5, 5.41) is 5.72. The maximum Gasteiger partial charge on any atom is 0.0302 e. The van der Waals surface area contributed by atoms with Crippen LogP contribution in [0.25, 0.3) is 0 Å². The second kappa shape index (κ2) is 7.43. The quantitative estimate of drug-likeness (QED) is 0.814. The lowest BCUT2D eigenvalue weighted by molar-refractivity contribution is 0.590. The van der Waals surface area contributed by atoms with E-state index < -0.39 is 0 Å². The van der Waals surface area contributed by atoms with Crippen LogP contribution in [0.2, 0.25) is 0 Å². The Morgan fingerprint density at radius 3 is 2.68 bits per heavy atom. The van der Waals surface area contributed by atoms with Crippen molar-refractivity contribution in [2.75, 3.05) is 13.1 Å². The number of rotatable bonds is 7. The fourth-order valence-electron chi connectivity index (χ4n) is 2.26. The van der Waals surface area contributed by atoms with Crippen molar-refractivity contribution in [3.05, 3.63) is 57.8 Å². The van der Waals surface area contributed by atoms with Crippen molar-refractivity contribution in [3.8, 4) is 0 Å². The molecule has 0 saturated carbocycles. The summed E-state index contributed by atoms with van der Waals surface area (Å²) < 4.78 is 0. The zero-order valence-electron chi connectivity index (χ0n) is 11.4. The van der Waals surface area contributed by atoms with E-state index in [1.54, 1.807) is 0 Å². The van der Waals surface area contributed by atoms with E-state index in [9.17, 15) is 0 Å². The first-order valence-electron chi connectivity index (χ1n) is 6.86. The van der Waals surface area contributed by atoms with Gasteiger partial charge in [0.1, 0.15) is 0 Å². The minimum atomic E-state index is 0.395. The zero-order chi connectivity index (χ0) is 13.5. The fourth-order valence-corrected chi connectivity index (χ4v) is 3.21. The lowest BCUT2D eigenvalue weighted by Crippen LogP contribution is -2.26. The maximum absolute atomic E-state index is 5.88. The van der Waals surface area contributed by atoms with Crippen LogP contribution in [0.4, 0.5) is 0 Å². The number of nitrogens with one attached hydrogen (secondary N) is 1. The lowest BCUT2D eigenvalue weighted by atomic mass is 9.99. The summed E-state index contributed by atoms with van der Waals surface area (Å²) in [4.78, 5) is 1.45. The van der Waals surface area contributed by atoms with Gasteiger partial charge in [0, 0.05) is 30.4 Å². The van der Waals surface area contributed by atoms with Crippen LogP contribution in [0.15, 0.2) is 41.8 Å². The first kappa shape index (κ1) is 14.3. The number of hydrogen-bond donors (Lipinski definition) is 2. The Balaban J connectivity index is 1.87. The van der Waals surface area contributed by atoms with E-state index in [2.05, 4.69) is 48.0 Å². The van der Waals surface area contributed by atoms with Crippen LogP contribution in [-0.2, 0) is 13.0 Å². The van der Waals surface area contributed by atoms with E-state index in [0.29, 0.717) is 12.5 Å². The zero-order valence-corrected chi connectivity index (χ0v) is 12.2. The van der Waals surface area contributed by atoms with E-state index in [-0.39, 0.29) is 0 Å². The van der Waals surface area contributed by atoms with Crippen LogP contribution in [0.3, 0.4) is 0 Å². The van der Waals surface area contributed by atoms with Crippen molar-refractivity contribution in [1.82, 2.24) is 5.32 Å². The highest BCUT2D eigenvalue weighted by Crippen LogP contribution is 2.18. The summed E-state index contributed by atoms with van der Waals surface area (Å²) >= 11 is 1.84. The number of thiophene rings is 1. The molecule has 0 saturated heterocycles. The molecule has 19 heavy (non-hydrogen) atoms. The molecule has 0 spiro atoms. The molecule has 3 N–H and O–H groups in total. The van der Waals surface area contributed by atoms with Crippen molar-refractivity contribution < 1.29 is 0 Å². The van der Waals surface area contributed by atoms with Gasteiger partial charge in [0.2, 0.25) is 0 Å². The van der Waals surface area contributed by atoms with Crippen LogP contribution in [0, 0.1) is 0 Å². The third-order valence-electron chi connectivity index (χ3n) is 3.45. The Hall–Kier alpha value is -1.16. The summed E-state index contributed by atoms with van der Waals surface area (Å²) in [5.41, 5.74) is 8.66. The Kier molecular flexibility index (Phi) is 5.58. The van der Waals surface area contributed by atoms with Gasteiger partial charge in [0.25, 0.3) is 0 Å². The van der Waals surface area contributed by atoms with Crippen molar-refractivity contribution >= 4 is 11.3 Å². The molecule has 1 unspecified atom stereocenters. The van der Waals surface area contributed by atoms with E-state index in [0.717, 1.165) is 19.5 Å². The molecule has 0 aliphatic rings. The largest absolute Gasteiger partial charge is 0.330 e. The molecule has 1 aromatic heterocycles. The van der Waals surface area contributed by atoms with Gasteiger partial charge in [-0.15, -0.1) is 11.3 Å². The Bertz CT molecular complexity index is 479.